The molecule has 1 aromatic heterocycles. The maximum Gasteiger partial charge on any atom is 0.283 e. The third-order valence-corrected chi connectivity index (χ3v) is 10.1. The van der Waals surface area contributed by atoms with Crippen LogP contribution in [-0.4, -0.2) is 31.8 Å². The van der Waals surface area contributed by atoms with E-state index in [9.17, 15) is 29.8 Å². The first-order valence-corrected chi connectivity index (χ1v) is 16.3. The van der Waals surface area contributed by atoms with Crippen molar-refractivity contribution in [1.29, 1.82) is 0 Å². The van der Waals surface area contributed by atoms with Gasteiger partial charge >= 0.3 is 0 Å². The van der Waals surface area contributed by atoms with Crippen LogP contribution in [0.15, 0.2) is 98.0 Å². The van der Waals surface area contributed by atoms with Gasteiger partial charge in [-0.3, -0.25) is 29.8 Å². The molecule has 0 saturated carbocycles. The number of carbonyl (C=O) groups excluding carboxylic acids is 2. The minimum atomic E-state index is -0.490. The number of thiazole rings is 1. The van der Waals surface area contributed by atoms with Crippen LogP contribution in [0.25, 0.3) is 16.3 Å². The summed E-state index contributed by atoms with van der Waals surface area (Å²) in [7, 11) is 0. The summed E-state index contributed by atoms with van der Waals surface area (Å²) in [6.07, 6.45) is 1.52. The van der Waals surface area contributed by atoms with Gasteiger partial charge in [-0.25, -0.2) is 9.98 Å². The Bertz CT molecular complexity index is 2180. The fraction of sp³-hybridized carbons (Fsp3) is 0.0625. The van der Waals surface area contributed by atoms with Crippen LogP contribution in [0.2, 0.25) is 0 Å². The standard InChI is InChI=1S/C32H22N6O6S3/c1-17-12-22(15-24(18(17)2)37(41)42)34-31-36-30(40)28(45-31)14-19-8-11-26(25(13-19)38(43)44)46-32-35-23-10-9-21(16-27(23)47-32)33-29(39)20-6-4-3-5-7-20/h3-16H,1-2H3,(H,33,39)(H,34,36,40)/b28-14-. The highest BCUT2D eigenvalue weighted by molar-refractivity contribution is 8.18. The number of nitro groups is 2. The molecule has 0 unspecified atom stereocenters. The summed E-state index contributed by atoms with van der Waals surface area (Å²) in [5.41, 5.74) is 3.59. The van der Waals surface area contributed by atoms with Gasteiger partial charge in [-0.2, -0.15) is 0 Å². The van der Waals surface area contributed by atoms with Gasteiger partial charge in [-0.05, 0) is 85.3 Å². The Morgan fingerprint density at radius 1 is 0.979 bits per heavy atom. The Balaban J connectivity index is 1.20. The van der Waals surface area contributed by atoms with E-state index in [-0.39, 0.29) is 27.4 Å². The fourth-order valence-corrected chi connectivity index (χ4v) is 7.58. The second-order valence-electron chi connectivity index (χ2n) is 10.2. The quantitative estimate of drug-likeness (QED) is 0.0934. The molecule has 47 heavy (non-hydrogen) atoms. The Hall–Kier alpha value is -5.38. The van der Waals surface area contributed by atoms with Crippen LogP contribution < -0.4 is 10.6 Å². The number of hydrogen-bond donors (Lipinski definition) is 2. The lowest BCUT2D eigenvalue weighted by Gasteiger charge is -2.04. The lowest BCUT2D eigenvalue weighted by molar-refractivity contribution is -0.387. The van der Waals surface area contributed by atoms with E-state index >= 15 is 0 Å². The molecule has 2 N–H and O–H groups in total. The number of nitrogens with one attached hydrogen (secondary N) is 2. The van der Waals surface area contributed by atoms with E-state index in [0.717, 1.165) is 28.2 Å². The summed E-state index contributed by atoms with van der Waals surface area (Å²) in [5.74, 6) is -0.679. The molecule has 1 aliphatic heterocycles. The van der Waals surface area contributed by atoms with E-state index in [1.807, 2.05) is 12.1 Å². The molecular weight excluding hydrogens is 661 g/mol. The number of aliphatic imine (C=N–C) groups is 1. The zero-order valence-corrected chi connectivity index (χ0v) is 27.0. The first-order valence-electron chi connectivity index (χ1n) is 13.8. The van der Waals surface area contributed by atoms with Crippen LogP contribution >= 0.6 is 34.9 Å². The van der Waals surface area contributed by atoms with Crippen LogP contribution in [0, 0.1) is 34.1 Å². The first kappa shape index (κ1) is 31.6. The largest absolute Gasteiger partial charge is 0.322 e. The summed E-state index contributed by atoms with van der Waals surface area (Å²) < 4.78 is 1.39. The third kappa shape index (κ3) is 7.06. The number of amidine groups is 1. The Labute approximate surface area is 279 Å². The van der Waals surface area contributed by atoms with Crippen molar-refractivity contribution in [3.63, 3.8) is 0 Å². The van der Waals surface area contributed by atoms with Crippen molar-refractivity contribution in [1.82, 2.24) is 10.3 Å². The molecular formula is C32H22N6O6S3. The number of fused-ring (bicyclic) bond motifs is 1. The number of rotatable bonds is 8. The third-order valence-electron chi connectivity index (χ3n) is 7.04. The normalized spacial score (nSPS) is 14.5. The van der Waals surface area contributed by atoms with Crippen LogP contribution in [0.5, 0.6) is 0 Å². The number of amides is 2. The molecule has 5 aromatic rings. The smallest absolute Gasteiger partial charge is 0.283 e. The van der Waals surface area contributed by atoms with E-state index in [0.29, 0.717) is 48.4 Å². The molecule has 1 fully saturated rings. The van der Waals surface area contributed by atoms with Crippen molar-refractivity contribution < 1.29 is 19.4 Å². The molecule has 2 heterocycles. The molecule has 0 spiro atoms. The van der Waals surface area contributed by atoms with Gasteiger partial charge in [0.05, 0.1) is 35.6 Å². The molecule has 4 aromatic carbocycles. The number of carbonyl (C=O) groups is 2. The van der Waals surface area contributed by atoms with Gasteiger partial charge in [0.15, 0.2) is 9.51 Å². The summed E-state index contributed by atoms with van der Waals surface area (Å²) in [6.45, 7) is 3.40. The van der Waals surface area contributed by atoms with E-state index < -0.39 is 15.8 Å². The van der Waals surface area contributed by atoms with Gasteiger partial charge in [-0.1, -0.05) is 36.0 Å². The number of aryl methyl sites for hydroxylation is 1. The number of aromatic nitrogens is 1. The van der Waals surface area contributed by atoms with Crippen LogP contribution in [0.4, 0.5) is 22.7 Å². The van der Waals surface area contributed by atoms with Crippen LogP contribution in [-0.2, 0) is 4.79 Å². The highest BCUT2D eigenvalue weighted by Gasteiger charge is 2.25. The van der Waals surface area contributed by atoms with Crippen molar-refractivity contribution in [3.8, 4) is 0 Å². The Morgan fingerprint density at radius 3 is 2.49 bits per heavy atom. The molecule has 0 bridgehead atoms. The number of thioether (sulfide) groups is 1. The van der Waals surface area contributed by atoms with E-state index in [1.54, 1.807) is 68.4 Å². The van der Waals surface area contributed by atoms with Crippen molar-refractivity contribution in [3.05, 3.63) is 126 Å². The maximum atomic E-state index is 12.7. The molecule has 0 aliphatic carbocycles. The molecule has 6 rings (SSSR count). The molecule has 234 valence electrons. The summed E-state index contributed by atoms with van der Waals surface area (Å²) >= 11 is 3.52. The minimum absolute atomic E-state index is 0.0670. The van der Waals surface area contributed by atoms with Crippen molar-refractivity contribution in [2.24, 2.45) is 4.99 Å². The number of nitrogens with zero attached hydrogens (tertiary/aromatic N) is 4. The van der Waals surface area contributed by atoms with Crippen molar-refractivity contribution >= 4 is 90.9 Å². The van der Waals surface area contributed by atoms with Crippen LogP contribution in [0.3, 0.4) is 0 Å². The molecule has 1 aliphatic rings. The molecule has 15 heteroatoms. The van der Waals surface area contributed by atoms with Gasteiger partial charge in [0.1, 0.15) is 0 Å². The monoisotopic (exact) mass is 682 g/mol. The molecule has 12 nitrogen and oxygen atoms in total. The second-order valence-corrected chi connectivity index (χ2v) is 13.6. The number of nitro benzene ring substituents is 2. The van der Waals surface area contributed by atoms with Gasteiger partial charge in [0.2, 0.25) is 0 Å². The molecule has 0 radical (unpaired) electrons. The van der Waals surface area contributed by atoms with Gasteiger partial charge in [0, 0.05) is 28.9 Å². The zero-order chi connectivity index (χ0) is 33.2. The average molecular weight is 683 g/mol. The van der Waals surface area contributed by atoms with Crippen molar-refractivity contribution in [2.45, 2.75) is 23.1 Å². The predicted molar refractivity (Wildman–Crippen MR) is 185 cm³/mol. The number of benzene rings is 4. The van der Waals surface area contributed by atoms with Crippen molar-refractivity contribution in [2.75, 3.05) is 5.32 Å². The number of hydrogen-bond acceptors (Lipinski definition) is 11. The van der Waals surface area contributed by atoms with Crippen LogP contribution in [0.1, 0.15) is 27.0 Å². The summed E-state index contributed by atoms with van der Waals surface area (Å²) in [4.78, 5) is 57.3. The van der Waals surface area contributed by atoms with Gasteiger partial charge < -0.3 is 10.6 Å². The Morgan fingerprint density at radius 2 is 1.74 bits per heavy atom. The fourth-order valence-electron chi connectivity index (χ4n) is 4.59. The maximum absolute atomic E-state index is 12.7. The molecule has 2 amide bonds. The van der Waals surface area contributed by atoms with E-state index in [4.69, 9.17) is 0 Å². The molecule has 1 saturated heterocycles. The molecule has 0 atom stereocenters. The van der Waals surface area contributed by atoms with E-state index in [2.05, 4.69) is 20.6 Å². The lowest BCUT2D eigenvalue weighted by Crippen LogP contribution is -2.19. The number of anilines is 1. The minimum Gasteiger partial charge on any atom is -0.322 e. The van der Waals surface area contributed by atoms with Gasteiger partial charge in [0.25, 0.3) is 23.2 Å². The second kappa shape index (κ2) is 13.2. The Kier molecular flexibility index (Phi) is 8.84. The van der Waals surface area contributed by atoms with E-state index in [1.165, 1.54) is 29.5 Å². The van der Waals surface area contributed by atoms with Gasteiger partial charge in [-0.15, -0.1) is 11.3 Å². The highest BCUT2D eigenvalue weighted by atomic mass is 32.2. The topological polar surface area (TPSA) is 170 Å². The lowest BCUT2D eigenvalue weighted by atomic mass is 10.1. The average Bonchev–Trinajstić information content (AvgIpc) is 3.60. The zero-order valence-electron chi connectivity index (χ0n) is 24.5. The SMILES string of the molecule is Cc1cc(N=C2NC(=O)/C(=C/c3ccc(Sc4nc5ccc(NC(=O)c6ccccc6)cc5s4)c([N+](=O)[O-])c3)S2)cc([N+](=O)[O-])c1C. The summed E-state index contributed by atoms with van der Waals surface area (Å²) in [5, 5.41) is 29.2. The predicted octanol–water partition coefficient (Wildman–Crippen LogP) is 8.02. The first-order chi connectivity index (χ1) is 22.5. The highest BCUT2D eigenvalue weighted by Crippen LogP contribution is 2.40. The summed E-state index contributed by atoms with van der Waals surface area (Å²) in [6, 6.07) is 21.9.